The van der Waals surface area contributed by atoms with Gasteiger partial charge in [-0.05, 0) is 77.4 Å². The van der Waals surface area contributed by atoms with E-state index in [1.165, 1.54) is 31.3 Å². The molecular formula is C42H27NOS. The molecule has 0 bridgehead atoms. The fourth-order valence-corrected chi connectivity index (χ4v) is 7.59. The predicted octanol–water partition coefficient (Wildman–Crippen LogP) is 12.8. The lowest BCUT2D eigenvalue weighted by Crippen LogP contribution is -2.10. The van der Waals surface area contributed by atoms with Gasteiger partial charge in [-0.3, -0.25) is 0 Å². The standard InChI is InChI=1S/C42H27NOS/c1-3-11-28(12-4-1)29-19-22-32(23-20-29)43(31-13-5-2-6-14-31)33-26-36(42-38(27-33)34-15-7-9-17-39(34)44-42)30-21-24-41-37(25-30)35-16-8-10-18-40(35)45-41/h1-27H. The van der Waals surface area contributed by atoms with E-state index in [0.717, 1.165) is 50.1 Å². The van der Waals surface area contributed by atoms with Gasteiger partial charge in [0.1, 0.15) is 11.2 Å². The first-order chi connectivity index (χ1) is 22.3. The van der Waals surface area contributed by atoms with Crippen LogP contribution in [-0.4, -0.2) is 0 Å². The topological polar surface area (TPSA) is 16.4 Å². The molecule has 0 N–H and O–H groups in total. The van der Waals surface area contributed by atoms with Crippen molar-refractivity contribution in [2.75, 3.05) is 4.90 Å². The molecule has 0 aliphatic heterocycles. The summed E-state index contributed by atoms with van der Waals surface area (Å²) in [5.74, 6) is 0. The van der Waals surface area contributed by atoms with Crippen LogP contribution >= 0.6 is 11.3 Å². The first-order valence-corrected chi connectivity index (χ1v) is 16.0. The molecule has 7 aromatic carbocycles. The van der Waals surface area contributed by atoms with Gasteiger partial charge < -0.3 is 9.32 Å². The Kier molecular flexibility index (Phi) is 6.03. The lowest BCUT2D eigenvalue weighted by molar-refractivity contribution is 0.670. The second kappa shape index (κ2) is 10.5. The van der Waals surface area contributed by atoms with Gasteiger partial charge in [0.25, 0.3) is 0 Å². The number of hydrogen-bond acceptors (Lipinski definition) is 3. The van der Waals surface area contributed by atoms with Gasteiger partial charge in [-0.2, -0.15) is 0 Å². The third-order valence-electron chi connectivity index (χ3n) is 8.66. The molecule has 0 aliphatic carbocycles. The summed E-state index contributed by atoms with van der Waals surface area (Å²) < 4.78 is 9.21. The zero-order valence-electron chi connectivity index (χ0n) is 24.4. The Hall–Kier alpha value is -5.64. The van der Waals surface area contributed by atoms with E-state index in [1.54, 1.807) is 0 Å². The SMILES string of the molecule is c1ccc(-c2ccc(N(c3ccccc3)c3cc(-c4ccc5sc6ccccc6c5c4)c4oc5ccccc5c4c3)cc2)cc1. The van der Waals surface area contributed by atoms with Gasteiger partial charge in [0.2, 0.25) is 0 Å². The molecule has 9 aromatic rings. The van der Waals surface area contributed by atoms with Gasteiger partial charge in [-0.25, -0.2) is 0 Å². The Morgan fingerprint density at radius 3 is 1.84 bits per heavy atom. The number of thiophene rings is 1. The Balaban J connectivity index is 1.29. The molecule has 212 valence electrons. The minimum atomic E-state index is 0.895. The molecule has 0 saturated heterocycles. The van der Waals surface area contributed by atoms with Crippen molar-refractivity contribution >= 4 is 70.5 Å². The Morgan fingerprint density at radius 2 is 1.02 bits per heavy atom. The minimum absolute atomic E-state index is 0.895. The highest BCUT2D eigenvalue weighted by Gasteiger charge is 2.20. The van der Waals surface area contributed by atoms with E-state index >= 15 is 0 Å². The van der Waals surface area contributed by atoms with Crippen LogP contribution in [0.25, 0.3) is 64.4 Å². The van der Waals surface area contributed by atoms with Crippen LogP contribution in [0, 0.1) is 0 Å². The van der Waals surface area contributed by atoms with Crippen molar-refractivity contribution in [1.82, 2.24) is 0 Å². The van der Waals surface area contributed by atoms with E-state index in [4.69, 9.17) is 4.42 Å². The van der Waals surface area contributed by atoms with E-state index in [1.807, 2.05) is 17.4 Å². The number of nitrogens with zero attached hydrogens (tertiary/aromatic N) is 1. The Morgan fingerprint density at radius 1 is 0.400 bits per heavy atom. The first kappa shape index (κ1) is 25.8. The molecule has 0 aliphatic rings. The summed E-state index contributed by atoms with van der Waals surface area (Å²) in [7, 11) is 0. The van der Waals surface area contributed by atoms with Crippen molar-refractivity contribution < 1.29 is 4.42 Å². The fraction of sp³-hybridized carbons (Fsp3) is 0. The normalized spacial score (nSPS) is 11.6. The van der Waals surface area contributed by atoms with Gasteiger partial charge in [0.05, 0.1) is 0 Å². The van der Waals surface area contributed by atoms with Crippen molar-refractivity contribution in [2.24, 2.45) is 0 Å². The molecule has 2 heterocycles. The number of anilines is 3. The molecule has 2 nitrogen and oxygen atoms in total. The summed E-state index contributed by atoms with van der Waals surface area (Å²) in [4.78, 5) is 2.35. The molecule has 0 spiro atoms. The number of rotatable bonds is 5. The maximum Gasteiger partial charge on any atom is 0.143 e. The molecule has 9 rings (SSSR count). The molecule has 0 amide bonds. The molecular weight excluding hydrogens is 567 g/mol. The summed E-state index contributed by atoms with van der Waals surface area (Å²) >= 11 is 1.84. The molecule has 0 saturated carbocycles. The highest BCUT2D eigenvalue weighted by Crippen LogP contribution is 2.45. The fourth-order valence-electron chi connectivity index (χ4n) is 6.51. The van der Waals surface area contributed by atoms with Gasteiger partial charge in [-0.15, -0.1) is 11.3 Å². The summed E-state index contributed by atoms with van der Waals surface area (Å²) in [6.07, 6.45) is 0. The zero-order valence-corrected chi connectivity index (χ0v) is 25.2. The average Bonchev–Trinajstić information content (AvgIpc) is 3.67. The molecule has 2 aromatic heterocycles. The van der Waals surface area contributed by atoms with E-state index in [-0.39, 0.29) is 0 Å². The van der Waals surface area contributed by atoms with Crippen molar-refractivity contribution in [3.63, 3.8) is 0 Å². The van der Waals surface area contributed by atoms with Crippen LogP contribution in [0.2, 0.25) is 0 Å². The molecule has 0 atom stereocenters. The molecule has 0 fully saturated rings. The van der Waals surface area contributed by atoms with Crippen molar-refractivity contribution in [3.8, 4) is 22.3 Å². The van der Waals surface area contributed by atoms with Gasteiger partial charge in [-0.1, -0.05) is 103 Å². The Labute approximate surface area is 265 Å². The summed E-state index contributed by atoms with van der Waals surface area (Å²) in [6, 6.07) is 58.4. The smallest absolute Gasteiger partial charge is 0.143 e. The third kappa shape index (κ3) is 4.40. The van der Waals surface area contributed by atoms with E-state index in [0.29, 0.717) is 0 Å². The third-order valence-corrected chi connectivity index (χ3v) is 9.81. The van der Waals surface area contributed by atoms with Crippen LogP contribution in [0.5, 0.6) is 0 Å². The van der Waals surface area contributed by atoms with Gasteiger partial charge in [0.15, 0.2) is 0 Å². The first-order valence-electron chi connectivity index (χ1n) is 15.2. The largest absolute Gasteiger partial charge is 0.455 e. The molecule has 45 heavy (non-hydrogen) atoms. The van der Waals surface area contributed by atoms with E-state index < -0.39 is 0 Å². The lowest BCUT2D eigenvalue weighted by atomic mass is 9.98. The van der Waals surface area contributed by atoms with E-state index in [9.17, 15) is 0 Å². The summed E-state index contributed by atoms with van der Waals surface area (Å²) in [6.45, 7) is 0. The second-order valence-electron chi connectivity index (χ2n) is 11.4. The van der Waals surface area contributed by atoms with Crippen LogP contribution < -0.4 is 4.90 Å². The highest BCUT2D eigenvalue weighted by atomic mass is 32.1. The number of furan rings is 1. The van der Waals surface area contributed by atoms with Crippen molar-refractivity contribution in [3.05, 3.63) is 164 Å². The highest BCUT2D eigenvalue weighted by molar-refractivity contribution is 7.25. The molecule has 3 heteroatoms. The second-order valence-corrected chi connectivity index (χ2v) is 12.4. The number of hydrogen-bond donors (Lipinski definition) is 0. The quantitative estimate of drug-likeness (QED) is 0.197. The molecule has 0 radical (unpaired) electrons. The maximum atomic E-state index is 6.61. The maximum absolute atomic E-state index is 6.61. The van der Waals surface area contributed by atoms with Gasteiger partial charge in [0, 0.05) is 53.6 Å². The number of para-hydroxylation sites is 2. The Bertz CT molecular complexity index is 2470. The van der Waals surface area contributed by atoms with Crippen LogP contribution in [-0.2, 0) is 0 Å². The number of fused-ring (bicyclic) bond motifs is 6. The van der Waals surface area contributed by atoms with Crippen molar-refractivity contribution in [1.29, 1.82) is 0 Å². The minimum Gasteiger partial charge on any atom is -0.455 e. The summed E-state index contributed by atoms with van der Waals surface area (Å²) in [5.41, 5.74) is 9.71. The predicted molar refractivity (Wildman–Crippen MR) is 192 cm³/mol. The lowest BCUT2D eigenvalue weighted by Gasteiger charge is -2.26. The van der Waals surface area contributed by atoms with Crippen LogP contribution in [0.15, 0.2) is 168 Å². The van der Waals surface area contributed by atoms with Crippen molar-refractivity contribution in [2.45, 2.75) is 0 Å². The number of benzene rings is 7. The zero-order chi connectivity index (χ0) is 29.7. The van der Waals surface area contributed by atoms with Crippen LogP contribution in [0.3, 0.4) is 0 Å². The molecule has 0 unspecified atom stereocenters. The van der Waals surface area contributed by atoms with Gasteiger partial charge >= 0.3 is 0 Å². The summed E-state index contributed by atoms with van der Waals surface area (Å²) in [5, 5.41) is 4.79. The van der Waals surface area contributed by atoms with Crippen LogP contribution in [0.4, 0.5) is 17.1 Å². The van der Waals surface area contributed by atoms with Crippen LogP contribution in [0.1, 0.15) is 0 Å². The van der Waals surface area contributed by atoms with E-state index in [2.05, 4.69) is 163 Å². The average molecular weight is 594 g/mol. The monoisotopic (exact) mass is 593 g/mol.